The van der Waals surface area contributed by atoms with Crippen molar-refractivity contribution in [3.8, 4) is 17.2 Å². The van der Waals surface area contributed by atoms with Gasteiger partial charge in [0.2, 0.25) is 0 Å². The summed E-state index contributed by atoms with van der Waals surface area (Å²) in [7, 11) is 0. The lowest BCUT2D eigenvalue weighted by Crippen LogP contribution is -2.72. The molecule has 0 aromatic heterocycles. The number of Topliss-reactive ketones (excluding diaryl/α,β-unsaturated/α-hetero) is 2. The molecule has 6 nitrogen and oxygen atoms in total. The van der Waals surface area contributed by atoms with E-state index in [0.29, 0.717) is 47.5 Å². The molecule has 3 aliphatic carbocycles. The minimum Gasteiger partial charge on any atom is -0.506 e. The van der Waals surface area contributed by atoms with E-state index in [9.17, 15) is 14.7 Å². The Kier molecular flexibility index (Phi) is 7.01. The van der Waals surface area contributed by atoms with Crippen molar-refractivity contribution < 1.29 is 28.9 Å². The fraction of sp³-hybridized carbons (Fsp3) is 0.526. The summed E-state index contributed by atoms with van der Waals surface area (Å²) in [6.45, 7) is 18.3. The average Bonchev–Trinajstić information content (AvgIpc) is 3.08. The molecule has 1 aromatic rings. The number of carbonyl (C=O) groups excluding carboxylic acids is 2. The predicted octanol–water partition coefficient (Wildman–Crippen LogP) is 8.17. The number of rotatable bonds is 7. The molecule has 1 N–H and O–H groups in total. The molecule has 3 aliphatic heterocycles. The van der Waals surface area contributed by atoms with Gasteiger partial charge in [0, 0.05) is 29.4 Å². The first kappa shape index (κ1) is 30.6. The van der Waals surface area contributed by atoms with Gasteiger partial charge in [-0.2, -0.15) is 0 Å². The van der Waals surface area contributed by atoms with Crippen molar-refractivity contribution in [3.63, 3.8) is 0 Å². The van der Waals surface area contributed by atoms with Crippen molar-refractivity contribution in [2.75, 3.05) is 0 Å². The maximum absolute atomic E-state index is 14.7. The van der Waals surface area contributed by atoms with Crippen LogP contribution < -0.4 is 9.47 Å². The van der Waals surface area contributed by atoms with Crippen molar-refractivity contribution in [3.05, 3.63) is 69.4 Å². The molecule has 0 radical (unpaired) electrons. The smallest absolute Gasteiger partial charge is 0.200 e. The number of allylic oxidation sites excluding steroid dienone is 6. The molecule has 44 heavy (non-hydrogen) atoms. The molecule has 6 aliphatic rings. The van der Waals surface area contributed by atoms with E-state index in [1.165, 1.54) is 5.57 Å². The maximum Gasteiger partial charge on any atom is 0.200 e. The number of phenols is 1. The fourth-order valence-electron chi connectivity index (χ4n) is 8.14. The minimum absolute atomic E-state index is 0.0316. The van der Waals surface area contributed by atoms with Gasteiger partial charge in [0.15, 0.2) is 22.8 Å². The van der Waals surface area contributed by atoms with Crippen molar-refractivity contribution in [2.45, 2.75) is 117 Å². The van der Waals surface area contributed by atoms with E-state index in [1.54, 1.807) is 6.08 Å². The van der Waals surface area contributed by atoms with E-state index in [0.717, 1.165) is 24.0 Å². The molecule has 3 heterocycles. The maximum atomic E-state index is 14.7. The third-order valence-electron chi connectivity index (χ3n) is 10.2. The molecule has 1 spiro atoms. The SMILES string of the molecule is CC(C)=CCCC1(C)C=Cc2c(O)c3c(c(CC=C(C)C)c2O1)O[C@]12C(=CC4C[C@H]1C(C)(C)OC2(CC=C(C)C)C4=O)C3=O. The third kappa shape index (κ3) is 4.23. The van der Waals surface area contributed by atoms with Gasteiger partial charge in [0.05, 0.1) is 11.2 Å². The van der Waals surface area contributed by atoms with Gasteiger partial charge in [-0.15, -0.1) is 0 Å². The first-order valence-corrected chi connectivity index (χ1v) is 16.0. The van der Waals surface area contributed by atoms with Crippen molar-refractivity contribution in [1.82, 2.24) is 0 Å². The molecule has 7 rings (SSSR count). The number of aromatic hydroxyl groups is 1. The number of benzene rings is 1. The fourth-order valence-corrected chi connectivity index (χ4v) is 8.14. The van der Waals surface area contributed by atoms with Crippen LogP contribution in [-0.2, 0) is 16.0 Å². The van der Waals surface area contributed by atoms with Crippen LogP contribution in [0.15, 0.2) is 52.7 Å². The van der Waals surface area contributed by atoms with Crippen LogP contribution in [0.4, 0.5) is 0 Å². The molecule has 1 aromatic carbocycles. The largest absolute Gasteiger partial charge is 0.506 e. The quantitative estimate of drug-likeness (QED) is 0.319. The number of phenolic OH excluding ortho intramolecular Hbond substituents is 1. The summed E-state index contributed by atoms with van der Waals surface area (Å²) >= 11 is 0. The molecular formula is C38H46O6. The number of carbonyl (C=O) groups is 2. The summed E-state index contributed by atoms with van der Waals surface area (Å²) in [6.07, 6.45) is 14.9. The number of hydrogen-bond acceptors (Lipinski definition) is 6. The molecular weight excluding hydrogens is 552 g/mol. The van der Waals surface area contributed by atoms with Crippen LogP contribution in [0.3, 0.4) is 0 Å². The lowest BCUT2D eigenvalue weighted by molar-refractivity contribution is -0.171. The summed E-state index contributed by atoms with van der Waals surface area (Å²) < 4.78 is 20.8. The van der Waals surface area contributed by atoms with Crippen LogP contribution in [0.25, 0.3) is 6.08 Å². The van der Waals surface area contributed by atoms with E-state index in [2.05, 4.69) is 26.0 Å². The average molecular weight is 599 g/mol. The molecule has 5 atom stereocenters. The zero-order valence-corrected chi connectivity index (χ0v) is 27.6. The van der Waals surface area contributed by atoms with Crippen molar-refractivity contribution >= 4 is 17.6 Å². The number of fused-ring (bicyclic) bond motifs is 2. The lowest BCUT2D eigenvalue weighted by atomic mass is 9.51. The number of hydrogen-bond donors (Lipinski definition) is 1. The van der Waals surface area contributed by atoms with E-state index in [-0.39, 0.29) is 28.8 Å². The van der Waals surface area contributed by atoms with Gasteiger partial charge in [-0.05, 0) is 100 Å². The zero-order chi connectivity index (χ0) is 32.0. The highest BCUT2D eigenvalue weighted by atomic mass is 16.6. The van der Waals surface area contributed by atoms with Gasteiger partial charge >= 0.3 is 0 Å². The van der Waals surface area contributed by atoms with Crippen LogP contribution in [-0.4, -0.2) is 39.1 Å². The number of ether oxygens (including phenoxy) is 3. The molecule has 0 amide bonds. The Hall–Kier alpha value is -3.38. The molecule has 1 saturated carbocycles. The van der Waals surface area contributed by atoms with Gasteiger partial charge in [0.25, 0.3) is 0 Å². The summed E-state index contributed by atoms with van der Waals surface area (Å²) in [5.74, 6) is -0.296. The second-order valence-electron chi connectivity index (χ2n) is 14.9. The predicted molar refractivity (Wildman–Crippen MR) is 172 cm³/mol. The minimum atomic E-state index is -1.35. The van der Waals surface area contributed by atoms with Gasteiger partial charge in [-0.25, -0.2) is 0 Å². The summed E-state index contributed by atoms with van der Waals surface area (Å²) in [4.78, 5) is 29.0. The monoisotopic (exact) mass is 598 g/mol. The van der Waals surface area contributed by atoms with Gasteiger partial charge < -0.3 is 19.3 Å². The van der Waals surface area contributed by atoms with E-state index < -0.39 is 28.3 Å². The van der Waals surface area contributed by atoms with Gasteiger partial charge in [-0.1, -0.05) is 41.0 Å². The summed E-state index contributed by atoms with van der Waals surface area (Å²) in [6, 6.07) is 0. The van der Waals surface area contributed by atoms with Gasteiger partial charge in [0.1, 0.15) is 28.4 Å². The van der Waals surface area contributed by atoms with E-state index >= 15 is 0 Å². The number of ketones is 2. The van der Waals surface area contributed by atoms with Gasteiger partial charge in [-0.3, -0.25) is 9.59 Å². The molecule has 2 fully saturated rings. The lowest BCUT2D eigenvalue weighted by Gasteiger charge is -2.56. The highest BCUT2D eigenvalue weighted by Gasteiger charge is 2.81. The Morgan fingerprint density at radius 1 is 0.955 bits per heavy atom. The third-order valence-corrected chi connectivity index (χ3v) is 10.2. The molecule has 3 unspecified atom stereocenters. The summed E-state index contributed by atoms with van der Waals surface area (Å²) in [5.41, 5.74) is 1.22. The second kappa shape index (κ2) is 10.1. The van der Waals surface area contributed by atoms with E-state index in [1.807, 2.05) is 66.7 Å². The Bertz CT molecular complexity index is 1620. The highest BCUT2D eigenvalue weighted by molar-refractivity contribution is 6.19. The van der Waals surface area contributed by atoms with Crippen LogP contribution in [0.5, 0.6) is 17.2 Å². The van der Waals surface area contributed by atoms with Crippen molar-refractivity contribution in [2.24, 2.45) is 11.8 Å². The first-order valence-electron chi connectivity index (χ1n) is 16.0. The van der Waals surface area contributed by atoms with Crippen LogP contribution in [0.2, 0.25) is 0 Å². The molecule has 234 valence electrons. The van der Waals surface area contributed by atoms with Crippen LogP contribution in [0, 0.1) is 11.8 Å². The van der Waals surface area contributed by atoms with E-state index in [4.69, 9.17) is 14.2 Å². The Morgan fingerprint density at radius 2 is 1.64 bits per heavy atom. The normalized spacial score (nSPS) is 31.6. The zero-order valence-electron chi connectivity index (χ0n) is 27.6. The highest BCUT2D eigenvalue weighted by Crippen LogP contribution is 2.68. The Morgan fingerprint density at radius 3 is 2.30 bits per heavy atom. The first-order chi connectivity index (χ1) is 20.6. The standard InChI is InChI=1S/C38H46O6/c1-21(2)11-10-16-36(9)17-15-25-30(39)29-31(40)27-19-24-20-28-35(7,8)44-37(34(24)41,18-14-23(5)6)38(27,28)43-33(29)26(32(25)42-36)13-12-22(3)4/h11-12,14-15,17,19,24,28,39H,10,13,16,18,20H2,1-9H3/t24?,28-,36?,37?,38+/m0/s1. The van der Waals surface area contributed by atoms with Crippen LogP contribution in [0.1, 0.15) is 109 Å². The Labute approximate surface area is 261 Å². The van der Waals surface area contributed by atoms with Crippen LogP contribution >= 0.6 is 0 Å². The molecule has 1 saturated heterocycles. The summed E-state index contributed by atoms with van der Waals surface area (Å²) in [5, 5.41) is 11.8. The molecule has 6 heteroatoms. The Balaban J connectivity index is 1.59. The topological polar surface area (TPSA) is 82.1 Å². The van der Waals surface area contributed by atoms with Crippen molar-refractivity contribution in [1.29, 1.82) is 0 Å². The second-order valence-corrected chi connectivity index (χ2v) is 14.9. The molecule has 4 bridgehead atoms.